The van der Waals surface area contributed by atoms with Crippen LogP contribution in [-0.4, -0.2) is 14.1 Å². The van der Waals surface area contributed by atoms with Crippen molar-refractivity contribution in [3.63, 3.8) is 0 Å². The highest BCUT2D eigenvalue weighted by Crippen LogP contribution is 2.38. The summed E-state index contributed by atoms with van der Waals surface area (Å²) in [6, 6.07) is 7.44. The molecule has 0 heterocycles. The molecule has 0 N–H and O–H groups in total. The molecule has 0 bridgehead atoms. The summed E-state index contributed by atoms with van der Waals surface area (Å²) in [6.45, 7) is 0. The first-order valence-electron chi connectivity index (χ1n) is 3.76. The molecule has 0 aliphatic carbocycles. The van der Waals surface area contributed by atoms with E-state index < -0.39 is 3.79 Å². The lowest BCUT2D eigenvalue weighted by molar-refractivity contribution is 1.12. The van der Waals surface area contributed by atoms with E-state index in [9.17, 15) is 0 Å². The maximum absolute atomic E-state index is 5.71. The van der Waals surface area contributed by atoms with Gasteiger partial charge in [0.1, 0.15) is 0 Å². The third-order valence-corrected chi connectivity index (χ3v) is 2.37. The summed E-state index contributed by atoms with van der Waals surface area (Å²) in [4.78, 5) is 1.99. The fourth-order valence-electron chi connectivity index (χ4n) is 0.949. The van der Waals surface area contributed by atoms with Crippen LogP contribution < -0.4 is 4.90 Å². The smallest absolute Gasteiger partial charge is 0.216 e. The Morgan fingerprint density at radius 2 is 1.46 bits per heavy atom. The molecule has 1 rings (SSSR count). The molecule has 1 nitrogen and oxygen atoms in total. The SMILES string of the molecule is CN(C)c1ccc(C(Cl)(Cl)Cl)cc1. The summed E-state index contributed by atoms with van der Waals surface area (Å²) in [5.74, 6) is 0. The lowest BCUT2D eigenvalue weighted by atomic mass is 10.2. The summed E-state index contributed by atoms with van der Waals surface area (Å²) >= 11 is 17.1. The topological polar surface area (TPSA) is 3.24 Å². The molecule has 0 saturated heterocycles. The summed E-state index contributed by atoms with van der Waals surface area (Å²) in [5, 5.41) is 0. The van der Waals surface area contributed by atoms with Crippen molar-refractivity contribution < 1.29 is 0 Å². The van der Waals surface area contributed by atoms with E-state index >= 15 is 0 Å². The highest BCUT2D eigenvalue weighted by atomic mass is 35.6. The number of anilines is 1. The highest BCUT2D eigenvalue weighted by Gasteiger charge is 2.22. The standard InChI is InChI=1S/C9H10Cl3N/c1-13(2)8-5-3-7(4-6-8)9(10,11)12/h3-6H,1-2H3. The van der Waals surface area contributed by atoms with Crippen molar-refractivity contribution in [3.8, 4) is 0 Å². The van der Waals surface area contributed by atoms with E-state index in [0.717, 1.165) is 5.69 Å². The number of alkyl halides is 3. The molecule has 0 fully saturated rings. The number of hydrogen-bond acceptors (Lipinski definition) is 1. The second kappa shape index (κ2) is 3.95. The van der Waals surface area contributed by atoms with Crippen LogP contribution in [0.15, 0.2) is 24.3 Å². The molecule has 4 heteroatoms. The Morgan fingerprint density at radius 1 is 1.00 bits per heavy atom. The monoisotopic (exact) mass is 237 g/mol. The van der Waals surface area contributed by atoms with Gasteiger partial charge >= 0.3 is 0 Å². The van der Waals surface area contributed by atoms with Gasteiger partial charge in [-0.25, -0.2) is 0 Å². The molecule has 0 aliphatic heterocycles. The van der Waals surface area contributed by atoms with Crippen molar-refractivity contribution in [1.29, 1.82) is 0 Å². The maximum Gasteiger partial charge on any atom is 0.216 e. The van der Waals surface area contributed by atoms with Crippen LogP contribution >= 0.6 is 34.8 Å². The van der Waals surface area contributed by atoms with Crippen LogP contribution in [0.5, 0.6) is 0 Å². The lowest BCUT2D eigenvalue weighted by Gasteiger charge is -2.15. The second-order valence-electron chi connectivity index (χ2n) is 2.94. The van der Waals surface area contributed by atoms with Gasteiger partial charge in [-0.3, -0.25) is 0 Å². The van der Waals surface area contributed by atoms with Crippen molar-refractivity contribution in [3.05, 3.63) is 29.8 Å². The zero-order valence-corrected chi connectivity index (χ0v) is 9.66. The molecular formula is C9H10Cl3N. The van der Waals surface area contributed by atoms with Crippen LogP contribution in [0, 0.1) is 0 Å². The zero-order valence-electron chi connectivity index (χ0n) is 7.39. The Morgan fingerprint density at radius 3 is 1.77 bits per heavy atom. The molecule has 0 atom stereocenters. The van der Waals surface area contributed by atoms with Gasteiger partial charge in [0.2, 0.25) is 3.79 Å². The van der Waals surface area contributed by atoms with Gasteiger partial charge < -0.3 is 4.90 Å². The van der Waals surface area contributed by atoms with E-state index in [1.54, 1.807) is 0 Å². The first-order chi connectivity index (χ1) is 5.91. The highest BCUT2D eigenvalue weighted by molar-refractivity contribution is 6.66. The van der Waals surface area contributed by atoms with Crippen LogP contribution in [0.3, 0.4) is 0 Å². The molecule has 0 radical (unpaired) electrons. The predicted octanol–water partition coefficient (Wildman–Crippen LogP) is 3.58. The average Bonchev–Trinajstić information content (AvgIpc) is 2.03. The minimum absolute atomic E-state index is 0.683. The van der Waals surface area contributed by atoms with Gasteiger partial charge in [0, 0.05) is 25.3 Å². The molecule has 0 aliphatic rings. The molecular weight excluding hydrogens is 228 g/mol. The van der Waals surface area contributed by atoms with Crippen molar-refractivity contribution in [2.75, 3.05) is 19.0 Å². The van der Waals surface area contributed by atoms with Crippen molar-refractivity contribution in [2.45, 2.75) is 3.79 Å². The van der Waals surface area contributed by atoms with Gasteiger partial charge in [-0.05, 0) is 12.1 Å². The van der Waals surface area contributed by atoms with Gasteiger partial charge in [-0.15, -0.1) is 0 Å². The van der Waals surface area contributed by atoms with Crippen LogP contribution in [0.1, 0.15) is 5.56 Å². The zero-order chi connectivity index (χ0) is 10.1. The molecule has 0 unspecified atom stereocenters. The van der Waals surface area contributed by atoms with E-state index in [4.69, 9.17) is 34.8 Å². The van der Waals surface area contributed by atoms with Crippen molar-refractivity contribution in [2.24, 2.45) is 0 Å². The van der Waals surface area contributed by atoms with Crippen LogP contribution in [0.25, 0.3) is 0 Å². The number of hydrogen-bond donors (Lipinski definition) is 0. The molecule has 1 aromatic carbocycles. The number of halogens is 3. The number of rotatable bonds is 1. The first kappa shape index (κ1) is 11.0. The summed E-state index contributed by atoms with van der Waals surface area (Å²) in [7, 11) is 3.93. The fraction of sp³-hybridized carbons (Fsp3) is 0.333. The first-order valence-corrected chi connectivity index (χ1v) is 4.89. The molecule has 13 heavy (non-hydrogen) atoms. The lowest BCUT2D eigenvalue weighted by Crippen LogP contribution is -2.09. The summed E-state index contributed by atoms with van der Waals surface area (Å²) < 4.78 is -1.33. The van der Waals surface area contributed by atoms with E-state index in [0.29, 0.717) is 5.56 Å². The van der Waals surface area contributed by atoms with E-state index in [1.165, 1.54) is 0 Å². The molecule has 0 saturated carbocycles. The molecule has 72 valence electrons. The molecule has 0 amide bonds. The molecule has 1 aromatic rings. The Bertz CT molecular complexity index is 274. The van der Waals surface area contributed by atoms with Crippen LogP contribution in [0.4, 0.5) is 5.69 Å². The van der Waals surface area contributed by atoms with E-state index in [-0.39, 0.29) is 0 Å². The largest absolute Gasteiger partial charge is 0.378 e. The van der Waals surface area contributed by atoms with Gasteiger partial charge in [-0.1, -0.05) is 46.9 Å². The number of benzene rings is 1. The quantitative estimate of drug-likeness (QED) is 0.676. The Kier molecular flexibility index (Phi) is 3.33. The Labute approximate surface area is 93.2 Å². The summed E-state index contributed by atoms with van der Waals surface area (Å²) in [5.41, 5.74) is 1.76. The Balaban J connectivity index is 2.94. The van der Waals surface area contributed by atoms with Gasteiger partial charge in [-0.2, -0.15) is 0 Å². The second-order valence-corrected chi connectivity index (χ2v) is 5.22. The molecule has 0 aromatic heterocycles. The third kappa shape index (κ3) is 2.94. The fourth-order valence-corrected chi connectivity index (χ4v) is 1.33. The van der Waals surface area contributed by atoms with E-state index in [1.807, 2.05) is 43.3 Å². The minimum atomic E-state index is -1.33. The molecule has 0 spiro atoms. The predicted molar refractivity (Wildman–Crippen MR) is 60.0 cm³/mol. The average molecular weight is 239 g/mol. The minimum Gasteiger partial charge on any atom is -0.378 e. The third-order valence-electron chi connectivity index (χ3n) is 1.71. The van der Waals surface area contributed by atoms with E-state index in [2.05, 4.69) is 0 Å². The van der Waals surface area contributed by atoms with Crippen molar-refractivity contribution >= 4 is 40.5 Å². The summed E-state index contributed by atoms with van der Waals surface area (Å²) in [6.07, 6.45) is 0. The van der Waals surface area contributed by atoms with Gasteiger partial charge in [0.25, 0.3) is 0 Å². The van der Waals surface area contributed by atoms with Crippen LogP contribution in [-0.2, 0) is 3.79 Å². The van der Waals surface area contributed by atoms with Gasteiger partial charge in [0.05, 0.1) is 0 Å². The maximum atomic E-state index is 5.71. The van der Waals surface area contributed by atoms with Gasteiger partial charge in [0.15, 0.2) is 0 Å². The van der Waals surface area contributed by atoms with Crippen molar-refractivity contribution in [1.82, 2.24) is 0 Å². The normalized spacial score (nSPS) is 11.5. The van der Waals surface area contributed by atoms with Crippen LogP contribution in [0.2, 0.25) is 0 Å². The number of nitrogens with zero attached hydrogens (tertiary/aromatic N) is 1. The Hall–Kier alpha value is -0.110.